The Morgan fingerprint density at radius 2 is 1.64 bits per heavy atom. The van der Waals surface area contributed by atoms with Crippen LogP contribution in [-0.2, 0) is 18.9 Å². The molecule has 2 fully saturated rings. The molecule has 2 heterocycles. The standard InChI is InChI=1S/C20H38O5/c1-6-7-8-9-10-11-12-17(21)20(15-23-19(4,5)25-20)13-16-14-22-18(2,3)24-16/h16-17,21H,6-15H2,1-5H3/t16-,17?,20-/m0/s1. The van der Waals surface area contributed by atoms with E-state index in [-0.39, 0.29) is 6.10 Å². The van der Waals surface area contributed by atoms with Crippen molar-refractivity contribution in [1.82, 2.24) is 0 Å². The molecule has 0 radical (unpaired) electrons. The second-order valence-corrected chi connectivity index (χ2v) is 8.58. The Balaban J connectivity index is 1.89. The predicted octanol–water partition coefficient (Wildman–Crippen LogP) is 4.16. The van der Waals surface area contributed by atoms with Crippen LogP contribution < -0.4 is 0 Å². The fourth-order valence-corrected chi connectivity index (χ4v) is 3.88. The maximum Gasteiger partial charge on any atom is 0.163 e. The Morgan fingerprint density at radius 3 is 2.20 bits per heavy atom. The molecule has 5 heteroatoms. The highest BCUT2D eigenvalue weighted by Crippen LogP contribution is 2.40. The van der Waals surface area contributed by atoms with E-state index in [4.69, 9.17) is 18.9 Å². The maximum absolute atomic E-state index is 10.9. The third-order valence-electron chi connectivity index (χ3n) is 5.19. The number of aliphatic hydroxyl groups excluding tert-OH is 1. The Bertz CT molecular complexity index is 409. The van der Waals surface area contributed by atoms with Crippen molar-refractivity contribution in [2.45, 2.75) is 115 Å². The summed E-state index contributed by atoms with van der Waals surface area (Å²) in [5.74, 6) is -1.23. The lowest BCUT2D eigenvalue weighted by atomic mass is 9.87. The van der Waals surface area contributed by atoms with Gasteiger partial charge >= 0.3 is 0 Å². The van der Waals surface area contributed by atoms with E-state index in [1.807, 2.05) is 27.7 Å². The molecule has 2 saturated heterocycles. The largest absolute Gasteiger partial charge is 0.390 e. The predicted molar refractivity (Wildman–Crippen MR) is 97.4 cm³/mol. The molecular weight excluding hydrogens is 320 g/mol. The zero-order valence-corrected chi connectivity index (χ0v) is 16.8. The number of hydrogen-bond acceptors (Lipinski definition) is 5. The lowest BCUT2D eigenvalue weighted by Crippen LogP contribution is -2.49. The van der Waals surface area contributed by atoms with Crippen LogP contribution in [0.1, 0.15) is 86.0 Å². The summed E-state index contributed by atoms with van der Waals surface area (Å²) in [4.78, 5) is 0. The third-order valence-corrected chi connectivity index (χ3v) is 5.19. The molecule has 0 aromatic rings. The maximum atomic E-state index is 10.9. The highest BCUT2D eigenvalue weighted by atomic mass is 16.8. The van der Waals surface area contributed by atoms with E-state index in [0.29, 0.717) is 19.6 Å². The molecule has 0 amide bonds. The van der Waals surface area contributed by atoms with Crippen LogP contribution in [0.3, 0.4) is 0 Å². The van der Waals surface area contributed by atoms with Gasteiger partial charge in [0, 0.05) is 6.42 Å². The molecule has 0 bridgehead atoms. The second-order valence-electron chi connectivity index (χ2n) is 8.58. The molecule has 0 aliphatic carbocycles. The normalized spacial score (nSPS) is 32.2. The fourth-order valence-electron chi connectivity index (χ4n) is 3.88. The van der Waals surface area contributed by atoms with E-state index < -0.39 is 23.3 Å². The van der Waals surface area contributed by atoms with Crippen LogP contribution in [0, 0.1) is 0 Å². The molecule has 0 aromatic heterocycles. The van der Waals surface area contributed by atoms with Crippen LogP contribution in [0.25, 0.3) is 0 Å². The number of ether oxygens (including phenoxy) is 4. The second kappa shape index (κ2) is 8.66. The molecule has 1 N–H and O–H groups in total. The van der Waals surface area contributed by atoms with Gasteiger partial charge in [0.15, 0.2) is 11.6 Å². The molecule has 0 saturated carbocycles. The number of unbranched alkanes of at least 4 members (excludes halogenated alkanes) is 5. The summed E-state index contributed by atoms with van der Waals surface area (Å²) in [5.41, 5.74) is -0.707. The third kappa shape index (κ3) is 6.17. The summed E-state index contributed by atoms with van der Waals surface area (Å²) in [6.45, 7) is 10.8. The fraction of sp³-hybridized carbons (Fsp3) is 1.00. The van der Waals surface area contributed by atoms with Crippen LogP contribution in [0.2, 0.25) is 0 Å². The van der Waals surface area contributed by atoms with Crippen LogP contribution in [0.4, 0.5) is 0 Å². The lowest BCUT2D eigenvalue weighted by molar-refractivity contribution is -0.198. The average Bonchev–Trinajstić information content (AvgIpc) is 3.02. The van der Waals surface area contributed by atoms with Crippen molar-refractivity contribution in [3.8, 4) is 0 Å². The van der Waals surface area contributed by atoms with Gasteiger partial charge in [0.1, 0.15) is 5.60 Å². The topological polar surface area (TPSA) is 57.2 Å². The zero-order chi connectivity index (χ0) is 18.6. The van der Waals surface area contributed by atoms with Gasteiger partial charge in [-0.3, -0.25) is 0 Å². The van der Waals surface area contributed by atoms with E-state index in [0.717, 1.165) is 19.3 Å². The molecule has 2 rings (SSSR count). The summed E-state index contributed by atoms with van der Waals surface area (Å²) in [7, 11) is 0. The van der Waals surface area contributed by atoms with Crippen LogP contribution >= 0.6 is 0 Å². The van der Waals surface area contributed by atoms with Crippen molar-refractivity contribution in [3.05, 3.63) is 0 Å². The monoisotopic (exact) mass is 358 g/mol. The summed E-state index contributed by atoms with van der Waals surface area (Å²) in [5, 5.41) is 10.9. The van der Waals surface area contributed by atoms with E-state index in [1.54, 1.807) is 0 Å². The molecule has 5 nitrogen and oxygen atoms in total. The van der Waals surface area contributed by atoms with Gasteiger partial charge in [0.2, 0.25) is 0 Å². The number of aliphatic hydroxyl groups is 1. The molecular formula is C20H38O5. The van der Waals surface area contributed by atoms with Crippen molar-refractivity contribution in [3.63, 3.8) is 0 Å². The molecule has 148 valence electrons. The Kier molecular flexibility index (Phi) is 7.31. The zero-order valence-electron chi connectivity index (χ0n) is 16.8. The molecule has 25 heavy (non-hydrogen) atoms. The van der Waals surface area contributed by atoms with Crippen LogP contribution in [0.5, 0.6) is 0 Å². The van der Waals surface area contributed by atoms with Crippen molar-refractivity contribution in [2.75, 3.05) is 13.2 Å². The highest BCUT2D eigenvalue weighted by molar-refractivity contribution is 4.97. The van der Waals surface area contributed by atoms with Gasteiger partial charge in [-0.25, -0.2) is 0 Å². The van der Waals surface area contributed by atoms with E-state index in [1.165, 1.54) is 25.7 Å². The SMILES string of the molecule is CCCCCCCCC(O)[C@]1(C[C@H]2COC(C)(C)O2)COC(C)(C)O1. The quantitative estimate of drug-likeness (QED) is 0.594. The van der Waals surface area contributed by atoms with E-state index in [2.05, 4.69) is 6.92 Å². The Labute approximate surface area is 153 Å². The summed E-state index contributed by atoms with van der Waals surface area (Å²) < 4.78 is 23.7. The first-order valence-corrected chi connectivity index (χ1v) is 10.0. The first-order chi connectivity index (χ1) is 11.7. The van der Waals surface area contributed by atoms with Crippen molar-refractivity contribution < 1.29 is 24.1 Å². The van der Waals surface area contributed by atoms with Gasteiger partial charge in [-0.05, 0) is 34.1 Å². The molecule has 2 aliphatic rings. The lowest BCUT2D eigenvalue weighted by Gasteiger charge is -2.35. The van der Waals surface area contributed by atoms with Gasteiger partial charge in [0.25, 0.3) is 0 Å². The summed E-state index contributed by atoms with van der Waals surface area (Å²) in [6, 6.07) is 0. The number of rotatable bonds is 10. The van der Waals surface area contributed by atoms with E-state index >= 15 is 0 Å². The summed E-state index contributed by atoms with van der Waals surface area (Å²) >= 11 is 0. The van der Waals surface area contributed by atoms with Gasteiger partial charge in [0.05, 0.1) is 25.4 Å². The Hall–Kier alpha value is -0.200. The molecule has 3 atom stereocenters. The van der Waals surface area contributed by atoms with Crippen molar-refractivity contribution in [2.24, 2.45) is 0 Å². The molecule has 2 aliphatic heterocycles. The summed E-state index contributed by atoms with van der Waals surface area (Å²) in [6.07, 6.45) is 7.96. The van der Waals surface area contributed by atoms with Crippen LogP contribution in [0.15, 0.2) is 0 Å². The number of hydrogen-bond donors (Lipinski definition) is 1. The van der Waals surface area contributed by atoms with Gasteiger partial charge < -0.3 is 24.1 Å². The van der Waals surface area contributed by atoms with Crippen molar-refractivity contribution in [1.29, 1.82) is 0 Å². The smallest absolute Gasteiger partial charge is 0.163 e. The minimum Gasteiger partial charge on any atom is -0.390 e. The first kappa shape index (κ1) is 21.1. The molecule has 0 spiro atoms. The van der Waals surface area contributed by atoms with Gasteiger partial charge in [-0.2, -0.15) is 0 Å². The van der Waals surface area contributed by atoms with Crippen LogP contribution in [-0.4, -0.2) is 47.7 Å². The minimum absolute atomic E-state index is 0.0771. The average molecular weight is 359 g/mol. The minimum atomic E-state index is -0.707. The highest BCUT2D eigenvalue weighted by Gasteiger charge is 2.52. The van der Waals surface area contributed by atoms with Crippen molar-refractivity contribution >= 4 is 0 Å². The Morgan fingerprint density at radius 1 is 0.960 bits per heavy atom. The van der Waals surface area contributed by atoms with E-state index in [9.17, 15) is 5.11 Å². The van der Waals surface area contributed by atoms with Gasteiger partial charge in [-0.15, -0.1) is 0 Å². The molecule has 1 unspecified atom stereocenters. The first-order valence-electron chi connectivity index (χ1n) is 10.0. The van der Waals surface area contributed by atoms with Gasteiger partial charge in [-0.1, -0.05) is 45.4 Å². The molecule has 0 aromatic carbocycles.